The number of fused-ring (bicyclic) bond motifs is 1. The Morgan fingerprint density at radius 1 is 1.22 bits per heavy atom. The minimum Gasteiger partial charge on any atom is -0.306 e. The van der Waals surface area contributed by atoms with Crippen molar-refractivity contribution in [2.24, 2.45) is 0 Å². The van der Waals surface area contributed by atoms with Crippen molar-refractivity contribution >= 4 is 32.4 Å². The lowest BCUT2D eigenvalue weighted by Gasteiger charge is -2.06. The largest absolute Gasteiger partial charge is 0.323 e. The number of nitrogens with zero attached hydrogens (tertiary/aromatic N) is 1. The Morgan fingerprint density at radius 2 is 1.96 bits per heavy atom. The number of nitrogens with one attached hydrogen (secondary N) is 3. The van der Waals surface area contributed by atoms with Crippen molar-refractivity contribution in [2.45, 2.75) is 25.2 Å². The number of aryl methyl sites for hydroxylation is 2. The molecule has 1 aromatic carbocycles. The third kappa shape index (κ3) is 3.36. The SMILES string of the molecule is Cc1nc(C)c(CCNS(=O)(=O)c2ccc3[nH]c(=O)[nH]c3c2)s1. The van der Waals surface area contributed by atoms with Crippen molar-refractivity contribution in [3.05, 3.63) is 44.3 Å². The van der Waals surface area contributed by atoms with Crippen molar-refractivity contribution in [2.75, 3.05) is 6.54 Å². The van der Waals surface area contributed by atoms with E-state index in [1.165, 1.54) is 12.1 Å². The van der Waals surface area contributed by atoms with Crippen LogP contribution in [-0.4, -0.2) is 29.9 Å². The van der Waals surface area contributed by atoms with E-state index in [9.17, 15) is 13.2 Å². The lowest BCUT2D eigenvalue weighted by molar-refractivity contribution is 0.582. The summed E-state index contributed by atoms with van der Waals surface area (Å²) in [5, 5.41) is 0.974. The van der Waals surface area contributed by atoms with Gasteiger partial charge in [0.1, 0.15) is 0 Å². The first-order chi connectivity index (χ1) is 10.8. The van der Waals surface area contributed by atoms with Gasteiger partial charge in [-0.1, -0.05) is 0 Å². The number of rotatable bonds is 5. The molecule has 3 rings (SSSR count). The molecule has 9 heteroatoms. The Bertz CT molecular complexity index is 1010. The van der Waals surface area contributed by atoms with Gasteiger partial charge in [-0.3, -0.25) is 0 Å². The number of H-pyrrole nitrogens is 2. The summed E-state index contributed by atoms with van der Waals surface area (Å²) in [5.41, 5.74) is 1.62. The van der Waals surface area contributed by atoms with Crippen molar-refractivity contribution in [1.82, 2.24) is 19.7 Å². The Balaban J connectivity index is 1.74. The summed E-state index contributed by atoms with van der Waals surface area (Å²) >= 11 is 1.58. The van der Waals surface area contributed by atoms with E-state index in [0.29, 0.717) is 24.0 Å². The molecule has 23 heavy (non-hydrogen) atoms. The smallest absolute Gasteiger partial charge is 0.306 e. The molecule has 0 spiro atoms. The first-order valence-corrected chi connectivity index (χ1v) is 9.30. The second-order valence-electron chi connectivity index (χ2n) is 5.18. The molecule has 2 aromatic heterocycles. The van der Waals surface area contributed by atoms with E-state index in [2.05, 4.69) is 19.7 Å². The Morgan fingerprint density at radius 3 is 2.65 bits per heavy atom. The summed E-state index contributed by atoms with van der Waals surface area (Å²) in [6, 6.07) is 4.48. The molecule has 0 aliphatic rings. The van der Waals surface area contributed by atoms with E-state index in [1.807, 2.05) is 13.8 Å². The van der Waals surface area contributed by atoms with Crippen LogP contribution in [0, 0.1) is 13.8 Å². The van der Waals surface area contributed by atoms with Gasteiger partial charge < -0.3 is 9.97 Å². The maximum absolute atomic E-state index is 12.3. The van der Waals surface area contributed by atoms with Gasteiger partial charge in [0.2, 0.25) is 10.0 Å². The lowest BCUT2D eigenvalue weighted by Crippen LogP contribution is -2.25. The predicted octanol–water partition coefficient (Wildman–Crippen LogP) is 1.45. The van der Waals surface area contributed by atoms with Crippen LogP contribution >= 0.6 is 11.3 Å². The fraction of sp³-hybridized carbons (Fsp3) is 0.286. The summed E-state index contributed by atoms with van der Waals surface area (Å²) in [6.45, 7) is 4.15. The molecule has 7 nitrogen and oxygen atoms in total. The number of sulfonamides is 1. The van der Waals surface area contributed by atoms with Gasteiger partial charge in [-0.25, -0.2) is 22.9 Å². The van der Waals surface area contributed by atoms with Crippen LogP contribution < -0.4 is 10.4 Å². The van der Waals surface area contributed by atoms with Crippen LogP contribution in [0.2, 0.25) is 0 Å². The molecule has 0 amide bonds. The van der Waals surface area contributed by atoms with E-state index in [4.69, 9.17) is 0 Å². The lowest BCUT2D eigenvalue weighted by atomic mass is 10.3. The van der Waals surface area contributed by atoms with E-state index in [0.717, 1.165) is 15.6 Å². The van der Waals surface area contributed by atoms with Crippen LogP contribution in [0.25, 0.3) is 11.0 Å². The van der Waals surface area contributed by atoms with Gasteiger partial charge in [-0.2, -0.15) is 0 Å². The van der Waals surface area contributed by atoms with Crippen molar-refractivity contribution in [3.8, 4) is 0 Å². The Hall–Kier alpha value is -1.97. The molecule has 0 aliphatic heterocycles. The van der Waals surface area contributed by atoms with Crippen LogP contribution in [0.5, 0.6) is 0 Å². The van der Waals surface area contributed by atoms with Crippen molar-refractivity contribution in [1.29, 1.82) is 0 Å². The highest BCUT2D eigenvalue weighted by atomic mass is 32.2. The first kappa shape index (κ1) is 15.9. The molecule has 3 aromatic rings. The highest BCUT2D eigenvalue weighted by Crippen LogP contribution is 2.18. The molecule has 122 valence electrons. The van der Waals surface area contributed by atoms with Gasteiger partial charge in [0.05, 0.1) is 26.6 Å². The van der Waals surface area contributed by atoms with E-state index < -0.39 is 10.0 Å². The monoisotopic (exact) mass is 352 g/mol. The van der Waals surface area contributed by atoms with Gasteiger partial charge in [0.15, 0.2) is 0 Å². The summed E-state index contributed by atoms with van der Waals surface area (Å²) in [5.74, 6) is 0. The normalized spacial score (nSPS) is 12.1. The van der Waals surface area contributed by atoms with Gasteiger partial charge >= 0.3 is 5.69 Å². The zero-order chi connectivity index (χ0) is 16.6. The predicted molar refractivity (Wildman–Crippen MR) is 89.4 cm³/mol. The van der Waals surface area contributed by atoms with Gasteiger partial charge in [0, 0.05) is 11.4 Å². The summed E-state index contributed by atoms with van der Waals surface area (Å²) in [4.78, 5) is 21.9. The Labute approximate surface area is 136 Å². The standard InChI is InChI=1S/C14H16N4O3S2/c1-8-13(22-9(2)16-8)5-6-15-23(20,21)10-3-4-11-12(7-10)18-14(19)17-11/h3-4,7,15H,5-6H2,1-2H3,(H2,17,18,19). The van der Waals surface area contributed by atoms with E-state index in [1.54, 1.807) is 17.4 Å². The fourth-order valence-electron chi connectivity index (χ4n) is 2.37. The van der Waals surface area contributed by atoms with Crippen LogP contribution in [0.15, 0.2) is 27.9 Å². The van der Waals surface area contributed by atoms with Crippen LogP contribution in [-0.2, 0) is 16.4 Å². The van der Waals surface area contributed by atoms with Crippen molar-refractivity contribution in [3.63, 3.8) is 0 Å². The van der Waals surface area contributed by atoms with E-state index in [-0.39, 0.29) is 10.6 Å². The highest BCUT2D eigenvalue weighted by molar-refractivity contribution is 7.89. The van der Waals surface area contributed by atoms with Gasteiger partial charge in [-0.05, 0) is 38.5 Å². The third-order valence-corrected chi connectivity index (χ3v) is 6.03. The van der Waals surface area contributed by atoms with Crippen molar-refractivity contribution < 1.29 is 8.42 Å². The molecular weight excluding hydrogens is 336 g/mol. The summed E-state index contributed by atoms with van der Waals surface area (Å²) in [7, 11) is -3.62. The minimum atomic E-state index is -3.62. The number of benzene rings is 1. The molecule has 0 saturated heterocycles. The number of imidazole rings is 1. The number of thiazole rings is 1. The molecule has 3 N–H and O–H groups in total. The van der Waals surface area contributed by atoms with E-state index >= 15 is 0 Å². The van der Waals surface area contributed by atoms with Gasteiger partial charge in [-0.15, -0.1) is 11.3 Å². The van der Waals surface area contributed by atoms with Crippen LogP contribution in [0.1, 0.15) is 15.6 Å². The zero-order valence-electron chi connectivity index (χ0n) is 12.6. The molecule has 0 fully saturated rings. The molecule has 0 saturated carbocycles. The van der Waals surface area contributed by atoms with Crippen LogP contribution in [0.3, 0.4) is 0 Å². The summed E-state index contributed by atoms with van der Waals surface area (Å²) < 4.78 is 27.3. The average molecular weight is 352 g/mol. The maximum atomic E-state index is 12.3. The number of hydrogen-bond donors (Lipinski definition) is 3. The maximum Gasteiger partial charge on any atom is 0.323 e. The Kier molecular flexibility index (Phi) is 4.09. The summed E-state index contributed by atoms with van der Waals surface area (Å²) in [6.07, 6.45) is 0.597. The number of aromatic amines is 2. The molecular formula is C14H16N4O3S2. The molecule has 0 bridgehead atoms. The highest BCUT2D eigenvalue weighted by Gasteiger charge is 2.15. The fourth-order valence-corrected chi connectivity index (χ4v) is 4.36. The molecule has 0 aliphatic carbocycles. The average Bonchev–Trinajstić information content (AvgIpc) is 2.99. The molecule has 0 unspecified atom stereocenters. The quantitative estimate of drug-likeness (QED) is 0.646. The van der Waals surface area contributed by atoms with Gasteiger partial charge in [0.25, 0.3) is 0 Å². The number of aromatic nitrogens is 3. The molecule has 0 atom stereocenters. The van der Waals surface area contributed by atoms with Crippen LogP contribution in [0.4, 0.5) is 0 Å². The minimum absolute atomic E-state index is 0.123. The number of hydrogen-bond acceptors (Lipinski definition) is 5. The molecule has 2 heterocycles. The molecule has 0 radical (unpaired) electrons. The first-order valence-electron chi connectivity index (χ1n) is 7.00. The topological polar surface area (TPSA) is 108 Å². The zero-order valence-corrected chi connectivity index (χ0v) is 14.3. The second-order valence-corrected chi connectivity index (χ2v) is 8.23. The second kappa shape index (κ2) is 5.91. The third-order valence-electron chi connectivity index (χ3n) is 3.44.